The monoisotopic (exact) mass is 288 g/mol. The lowest BCUT2D eigenvalue weighted by atomic mass is 10.2. The Morgan fingerprint density at radius 2 is 2.19 bits per heavy atom. The molecule has 1 aliphatic heterocycles. The highest BCUT2D eigenvalue weighted by molar-refractivity contribution is 5.40. The molecule has 0 bridgehead atoms. The van der Waals surface area contributed by atoms with Gasteiger partial charge in [0, 0.05) is 19.1 Å². The molecule has 7 nitrogen and oxygen atoms in total. The molecule has 2 heterocycles. The Morgan fingerprint density at radius 3 is 2.90 bits per heavy atom. The quantitative estimate of drug-likeness (QED) is 0.791. The molecule has 1 aliphatic rings. The third kappa shape index (κ3) is 3.20. The Morgan fingerprint density at radius 1 is 1.33 bits per heavy atom. The van der Waals surface area contributed by atoms with E-state index in [-0.39, 0.29) is 6.61 Å². The van der Waals surface area contributed by atoms with Crippen LogP contribution in [0.3, 0.4) is 0 Å². The van der Waals surface area contributed by atoms with E-state index in [1.165, 1.54) is 6.42 Å². The Balaban J connectivity index is 1.84. The zero-order valence-electron chi connectivity index (χ0n) is 11.9. The molecule has 1 fully saturated rings. The van der Waals surface area contributed by atoms with E-state index in [2.05, 4.69) is 20.8 Å². The van der Waals surface area contributed by atoms with Crippen LogP contribution in [0.15, 0.2) is 30.3 Å². The highest BCUT2D eigenvalue weighted by atomic mass is 16.3. The van der Waals surface area contributed by atoms with Crippen LogP contribution in [-0.4, -0.2) is 57.6 Å². The van der Waals surface area contributed by atoms with Crippen LogP contribution in [-0.2, 0) is 0 Å². The van der Waals surface area contributed by atoms with Crippen LogP contribution >= 0.6 is 0 Å². The number of aliphatic hydroxyl groups is 1. The molecule has 0 saturated carbocycles. The van der Waals surface area contributed by atoms with Gasteiger partial charge in [0.15, 0.2) is 0 Å². The number of nitrogens with zero attached hydrogens (tertiary/aromatic N) is 5. The molecule has 2 aromatic rings. The molecule has 3 rings (SSSR count). The molecule has 1 atom stereocenters. The third-order valence-electron chi connectivity index (χ3n) is 3.71. The van der Waals surface area contributed by atoms with Gasteiger partial charge in [0.2, 0.25) is 0 Å². The smallest absolute Gasteiger partial charge is 0.250 e. The fourth-order valence-corrected chi connectivity index (χ4v) is 2.69. The molecular formula is C14H20N6O. The normalized spacial score (nSPS) is 18.0. The second kappa shape index (κ2) is 6.64. The van der Waals surface area contributed by atoms with Crippen LogP contribution in [0.4, 0.5) is 5.95 Å². The maximum absolute atomic E-state index is 9.33. The van der Waals surface area contributed by atoms with Crippen LogP contribution < -0.4 is 10.2 Å². The van der Waals surface area contributed by atoms with Gasteiger partial charge in [-0.15, -0.1) is 0 Å². The maximum atomic E-state index is 9.33. The highest BCUT2D eigenvalue weighted by Gasteiger charge is 2.22. The van der Waals surface area contributed by atoms with E-state index in [1.54, 1.807) is 4.68 Å². The second-order valence-electron chi connectivity index (χ2n) is 5.19. The van der Waals surface area contributed by atoms with Crippen molar-refractivity contribution in [3.63, 3.8) is 0 Å². The van der Waals surface area contributed by atoms with Crippen molar-refractivity contribution in [1.82, 2.24) is 25.5 Å². The van der Waals surface area contributed by atoms with Crippen LogP contribution in [0.25, 0.3) is 5.69 Å². The summed E-state index contributed by atoms with van der Waals surface area (Å²) in [6.07, 6.45) is 2.34. The van der Waals surface area contributed by atoms with Crippen LogP contribution in [0.2, 0.25) is 0 Å². The fourth-order valence-electron chi connectivity index (χ4n) is 2.69. The number of hydrogen-bond donors (Lipinski definition) is 2. The first-order chi connectivity index (χ1) is 10.4. The predicted octanol–water partition coefficient (Wildman–Crippen LogP) is 0.213. The van der Waals surface area contributed by atoms with Gasteiger partial charge < -0.3 is 15.3 Å². The van der Waals surface area contributed by atoms with Gasteiger partial charge in [-0.25, -0.2) is 0 Å². The lowest BCUT2D eigenvalue weighted by Gasteiger charge is -2.25. The first kappa shape index (κ1) is 14.0. The van der Waals surface area contributed by atoms with Crippen molar-refractivity contribution in [3.05, 3.63) is 30.3 Å². The summed E-state index contributed by atoms with van der Waals surface area (Å²) < 4.78 is 1.71. The zero-order chi connectivity index (χ0) is 14.5. The van der Waals surface area contributed by atoms with Gasteiger partial charge >= 0.3 is 0 Å². The number of para-hydroxylation sites is 1. The van der Waals surface area contributed by atoms with E-state index in [9.17, 15) is 5.11 Å². The Kier molecular flexibility index (Phi) is 4.42. The topological polar surface area (TPSA) is 79.1 Å². The third-order valence-corrected chi connectivity index (χ3v) is 3.71. The van der Waals surface area contributed by atoms with Crippen LogP contribution in [0, 0.1) is 0 Å². The molecule has 1 unspecified atom stereocenters. The van der Waals surface area contributed by atoms with E-state index in [0.29, 0.717) is 18.5 Å². The largest absolute Gasteiger partial charge is 0.395 e. The minimum atomic E-state index is 0.0777. The number of benzene rings is 1. The number of nitrogens with one attached hydrogen (secondary N) is 1. The van der Waals surface area contributed by atoms with Crippen molar-refractivity contribution < 1.29 is 5.11 Å². The SMILES string of the molecule is OCCN(CC1CCCN1)c1nnnn1-c1ccccc1. The Labute approximate surface area is 123 Å². The molecule has 1 saturated heterocycles. The van der Waals surface area contributed by atoms with Gasteiger partial charge in [-0.05, 0) is 41.9 Å². The van der Waals surface area contributed by atoms with Gasteiger partial charge in [0.05, 0.1) is 12.3 Å². The van der Waals surface area contributed by atoms with Crippen molar-refractivity contribution >= 4 is 5.95 Å². The van der Waals surface area contributed by atoms with Gasteiger partial charge in [0.1, 0.15) is 0 Å². The molecular weight excluding hydrogens is 268 g/mol. The molecule has 0 radical (unpaired) electrons. The summed E-state index contributed by atoms with van der Waals surface area (Å²) in [4.78, 5) is 2.04. The van der Waals surface area contributed by atoms with Gasteiger partial charge in [-0.2, -0.15) is 4.68 Å². The number of hydrogen-bond acceptors (Lipinski definition) is 6. The lowest BCUT2D eigenvalue weighted by Crippen LogP contribution is -2.40. The van der Waals surface area contributed by atoms with Crippen LogP contribution in [0.1, 0.15) is 12.8 Å². The molecule has 1 aromatic heterocycles. The van der Waals surface area contributed by atoms with E-state index < -0.39 is 0 Å². The molecule has 21 heavy (non-hydrogen) atoms. The average Bonchev–Trinajstić information content (AvgIpc) is 3.19. The number of aliphatic hydroxyl groups excluding tert-OH is 1. The average molecular weight is 288 g/mol. The molecule has 1 aromatic carbocycles. The van der Waals surface area contributed by atoms with Crippen LogP contribution in [0.5, 0.6) is 0 Å². The van der Waals surface area contributed by atoms with Crippen molar-refractivity contribution in [1.29, 1.82) is 0 Å². The summed E-state index contributed by atoms with van der Waals surface area (Å²) in [5, 5.41) is 24.8. The van der Waals surface area contributed by atoms with Crippen molar-refractivity contribution in [2.45, 2.75) is 18.9 Å². The summed E-state index contributed by atoms with van der Waals surface area (Å²) in [6, 6.07) is 10.2. The number of anilines is 1. The molecule has 2 N–H and O–H groups in total. The molecule has 0 aliphatic carbocycles. The van der Waals surface area contributed by atoms with E-state index in [4.69, 9.17) is 0 Å². The molecule has 112 valence electrons. The Bertz CT molecular complexity index is 552. The highest BCUT2D eigenvalue weighted by Crippen LogP contribution is 2.17. The standard InChI is InChI=1S/C14H20N6O/c21-10-9-19(11-12-5-4-8-15-12)14-16-17-18-20(14)13-6-2-1-3-7-13/h1-3,6-7,12,15,21H,4-5,8-11H2. The summed E-state index contributed by atoms with van der Waals surface area (Å²) in [7, 11) is 0. The van der Waals surface area contributed by atoms with Gasteiger partial charge in [-0.3, -0.25) is 0 Å². The Hall–Kier alpha value is -1.99. The number of rotatable bonds is 6. The molecule has 0 amide bonds. The van der Waals surface area contributed by atoms with Crippen molar-refractivity contribution in [3.8, 4) is 5.69 Å². The summed E-state index contributed by atoms with van der Waals surface area (Å²) >= 11 is 0. The first-order valence-corrected chi connectivity index (χ1v) is 7.31. The first-order valence-electron chi connectivity index (χ1n) is 7.31. The summed E-state index contributed by atoms with van der Waals surface area (Å²) in [6.45, 7) is 2.45. The van der Waals surface area contributed by atoms with Crippen molar-refractivity contribution in [2.75, 3.05) is 31.1 Å². The summed E-state index contributed by atoms with van der Waals surface area (Å²) in [5.74, 6) is 0.670. The van der Waals surface area contributed by atoms with E-state index in [1.807, 2.05) is 35.2 Å². The van der Waals surface area contributed by atoms with Gasteiger partial charge in [0.25, 0.3) is 5.95 Å². The fraction of sp³-hybridized carbons (Fsp3) is 0.500. The predicted molar refractivity (Wildman–Crippen MR) is 79.5 cm³/mol. The number of aromatic nitrogens is 4. The minimum Gasteiger partial charge on any atom is -0.395 e. The lowest BCUT2D eigenvalue weighted by molar-refractivity contribution is 0.299. The van der Waals surface area contributed by atoms with E-state index in [0.717, 1.165) is 25.2 Å². The van der Waals surface area contributed by atoms with Gasteiger partial charge in [-0.1, -0.05) is 23.3 Å². The molecule has 0 spiro atoms. The minimum absolute atomic E-state index is 0.0777. The molecule has 7 heteroatoms. The van der Waals surface area contributed by atoms with Crippen molar-refractivity contribution in [2.24, 2.45) is 0 Å². The second-order valence-corrected chi connectivity index (χ2v) is 5.19. The zero-order valence-corrected chi connectivity index (χ0v) is 11.9. The summed E-state index contributed by atoms with van der Waals surface area (Å²) in [5.41, 5.74) is 0.917. The number of tetrazole rings is 1. The van der Waals surface area contributed by atoms with E-state index >= 15 is 0 Å². The maximum Gasteiger partial charge on any atom is 0.250 e.